The molecule has 1 saturated heterocycles. The molecular formula is C13H21N3O2. The summed E-state index contributed by atoms with van der Waals surface area (Å²) in [4.78, 5) is 25.4. The van der Waals surface area contributed by atoms with E-state index in [1.165, 1.54) is 0 Å². The minimum Gasteiger partial charge on any atom is -0.338 e. The van der Waals surface area contributed by atoms with Gasteiger partial charge in [-0.05, 0) is 33.1 Å². The van der Waals surface area contributed by atoms with Gasteiger partial charge in [-0.1, -0.05) is 5.92 Å². The molecule has 1 heterocycles. The third kappa shape index (κ3) is 3.95. The molecule has 0 bridgehead atoms. The maximum absolute atomic E-state index is 12.2. The van der Waals surface area contributed by atoms with E-state index in [4.69, 9.17) is 6.42 Å². The maximum Gasteiger partial charge on any atom is 0.316 e. The fourth-order valence-corrected chi connectivity index (χ4v) is 2.11. The first-order chi connectivity index (χ1) is 8.56. The fraction of sp³-hybridized carbons (Fsp3) is 0.692. The molecule has 2 atom stereocenters. The second-order valence-electron chi connectivity index (χ2n) is 4.63. The average molecular weight is 251 g/mol. The van der Waals surface area contributed by atoms with Gasteiger partial charge in [0.25, 0.3) is 0 Å². The van der Waals surface area contributed by atoms with Gasteiger partial charge in [-0.25, -0.2) is 4.79 Å². The van der Waals surface area contributed by atoms with E-state index in [1.807, 2.05) is 11.8 Å². The predicted molar refractivity (Wildman–Crippen MR) is 69.9 cm³/mol. The van der Waals surface area contributed by atoms with Crippen molar-refractivity contribution in [3.63, 3.8) is 0 Å². The van der Waals surface area contributed by atoms with Gasteiger partial charge in [0.1, 0.15) is 6.04 Å². The summed E-state index contributed by atoms with van der Waals surface area (Å²) in [5, 5.41) is 5.07. The lowest BCUT2D eigenvalue weighted by molar-refractivity contribution is -0.136. The molecule has 18 heavy (non-hydrogen) atoms. The smallest absolute Gasteiger partial charge is 0.316 e. The number of nitrogens with zero attached hydrogens (tertiary/aromatic N) is 1. The van der Waals surface area contributed by atoms with Crippen LogP contribution in [0.4, 0.5) is 4.79 Å². The highest BCUT2D eigenvalue weighted by molar-refractivity contribution is 5.87. The number of urea groups is 1. The third-order valence-corrected chi connectivity index (χ3v) is 3.16. The molecule has 0 aromatic heterocycles. The summed E-state index contributed by atoms with van der Waals surface area (Å²) in [6.45, 7) is 4.67. The number of amides is 3. The van der Waals surface area contributed by atoms with E-state index in [-0.39, 0.29) is 18.5 Å². The van der Waals surface area contributed by atoms with Gasteiger partial charge in [-0.3, -0.25) is 4.79 Å². The Morgan fingerprint density at radius 1 is 1.50 bits per heavy atom. The number of likely N-dealkylation sites (tertiary alicyclic amines) is 1. The molecule has 3 amide bonds. The van der Waals surface area contributed by atoms with E-state index in [0.717, 1.165) is 25.8 Å². The molecule has 1 rings (SSSR count). The molecular weight excluding hydrogens is 230 g/mol. The van der Waals surface area contributed by atoms with Gasteiger partial charge < -0.3 is 15.5 Å². The van der Waals surface area contributed by atoms with E-state index >= 15 is 0 Å². The number of carbonyl (C=O) groups excluding carboxylic acids is 2. The topological polar surface area (TPSA) is 61.4 Å². The summed E-state index contributed by atoms with van der Waals surface area (Å²) < 4.78 is 0. The van der Waals surface area contributed by atoms with Crippen LogP contribution in [0.3, 0.4) is 0 Å². The van der Waals surface area contributed by atoms with Crippen molar-refractivity contribution in [1.29, 1.82) is 0 Å². The molecule has 0 spiro atoms. The van der Waals surface area contributed by atoms with Crippen molar-refractivity contribution in [2.24, 2.45) is 0 Å². The number of piperidine rings is 1. The molecule has 2 N–H and O–H groups in total. The van der Waals surface area contributed by atoms with Gasteiger partial charge >= 0.3 is 6.03 Å². The van der Waals surface area contributed by atoms with Gasteiger partial charge in [-0.15, -0.1) is 6.42 Å². The van der Waals surface area contributed by atoms with Gasteiger partial charge in [0.15, 0.2) is 0 Å². The first-order valence-corrected chi connectivity index (χ1v) is 6.34. The van der Waals surface area contributed by atoms with Crippen LogP contribution in [-0.4, -0.2) is 42.0 Å². The Kier molecular flexibility index (Phi) is 5.50. The van der Waals surface area contributed by atoms with Crippen LogP contribution >= 0.6 is 0 Å². The van der Waals surface area contributed by atoms with Crippen molar-refractivity contribution in [2.45, 2.75) is 45.2 Å². The molecule has 1 fully saturated rings. The summed E-state index contributed by atoms with van der Waals surface area (Å²) >= 11 is 0. The second kappa shape index (κ2) is 6.90. The maximum atomic E-state index is 12.2. The molecule has 0 aromatic rings. The Morgan fingerprint density at radius 2 is 2.22 bits per heavy atom. The summed E-state index contributed by atoms with van der Waals surface area (Å²) in [6, 6.07) is -0.675. The minimum atomic E-state index is -0.525. The number of carbonyl (C=O) groups is 2. The minimum absolute atomic E-state index is 0.0296. The van der Waals surface area contributed by atoms with Crippen molar-refractivity contribution in [3.8, 4) is 12.3 Å². The molecule has 5 nitrogen and oxygen atoms in total. The normalized spacial score (nSPS) is 20.7. The average Bonchev–Trinajstić information content (AvgIpc) is 2.36. The van der Waals surface area contributed by atoms with E-state index in [2.05, 4.69) is 16.6 Å². The number of hydrogen-bond donors (Lipinski definition) is 2. The molecule has 1 aliphatic heterocycles. The van der Waals surface area contributed by atoms with Crippen LogP contribution in [0, 0.1) is 12.3 Å². The van der Waals surface area contributed by atoms with Crippen LogP contribution in [0.1, 0.15) is 33.1 Å². The Balaban J connectivity index is 2.45. The van der Waals surface area contributed by atoms with E-state index < -0.39 is 12.1 Å². The van der Waals surface area contributed by atoms with Crippen molar-refractivity contribution in [3.05, 3.63) is 0 Å². The fourth-order valence-electron chi connectivity index (χ4n) is 2.11. The van der Waals surface area contributed by atoms with E-state index in [1.54, 1.807) is 6.92 Å². The highest BCUT2D eigenvalue weighted by Crippen LogP contribution is 2.17. The lowest BCUT2D eigenvalue weighted by Gasteiger charge is -2.35. The Hall–Kier alpha value is -1.70. The number of rotatable bonds is 3. The largest absolute Gasteiger partial charge is 0.338 e. The zero-order chi connectivity index (χ0) is 13.5. The third-order valence-electron chi connectivity index (χ3n) is 3.16. The molecule has 5 heteroatoms. The first-order valence-electron chi connectivity index (χ1n) is 6.34. The predicted octanol–water partition coefficient (Wildman–Crippen LogP) is 0.708. The Morgan fingerprint density at radius 3 is 2.83 bits per heavy atom. The van der Waals surface area contributed by atoms with E-state index in [9.17, 15) is 9.59 Å². The van der Waals surface area contributed by atoms with Gasteiger partial charge in [0, 0.05) is 12.6 Å². The summed E-state index contributed by atoms with van der Waals surface area (Å²) in [5.74, 6) is 2.27. The zero-order valence-corrected chi connectivity index (χ0v) is 11.0. The molecule has 0 aliphatic carbocycles. The molecule has 0 radical (unpaired) electrons. The first kappa shape index (κ1) is 14.4. The number of hydrogen-bond acceptors (Lipinski definition) is 2. The summed E-state index contributed by atoms with van der Waals surface area (Å²) in [5.41, 5.74) is 0. The number of terminal acetylenes is 1. The second-order valence-corrected chi connectivity index (χ2v) is 4.63. The Labute approximate surface area is 108 Å². The van der Waals surface area contributed by atoms with Crippen LogP contribution in [-0.2, 0) is 4.79 Å². The van der Waals surface area contributed by atoms with Gasteiger partial charge in [-0.2, -0.15) is 0 Å². The van der Waals surface area contributed by atoms with E-state index in [0.29, 0.717) is 0 Å². The lowest BCUT2D eigenvalue weighted by atomic mass is 10.0. The number of nitrogens with one attached hydrogen (secondary N) is 2. The van der Waals surface area contributed by atoms with Crippen molar-refractivity contribution < 1.29 is 9.59 Å². The highest BCUT2D eigenvalue weighted by Gasteiger charge is 2.27. The lowest BCUT2D eigenvalue weighted by Crippen LogP contribution is -2.53. The molecule has 100 valence electrons. The van der Waals surface area contributed by atoms with Crippen molar-refractivity contribution in [1.82, 2.24) is 15.5 Å². The standard InChI is InChI=1S/C13H21N3O2/c1-4-8-14-13(18)15-11(3)12(17)16-9-6-5-7-10(16)2/h1,10-11H,5-9H2,2-3H3,(H2,14,15,18)/t10-,11-/m0/s1. The quantitative estimate of drug-likeness (QED) is 0.726. The summed E-state index contributed by atoms with van der Waals surface area (Å²) in [7, 11) is 0. The monoisotopic (exact) mass is 251 g/mol. The highest BCUT2D eigenvalue weighted by atomic mass is 16.2. The van der Waals surface area contributed by atoms with Crippen LogP contribution in [0.5, 0.6) is 0 Å². The van der Waals surface area contributed by atoms with Crippen LogP contribution in [0.25, 0.3) is 0 Å². The summed E-state index contributed by atoms with van der Waals surface area (Å²) in [6.07, 6.45) is 8.26. The van der Waals surface area contributed by atoms with Gasteiger partial charge in [0.05, 0.1) is 6.54 Å². The molecule has 0 saturated carbocycles. The molecule has 1 aliphatic rings. The van der Waals surface area contributed by atoms with Crippen molar-refractivity contribution in [2.75, 3.05) is 13.1 Å². The van der Waals surface area contributed by atoms with Crippen LogP contribution in [0.2, 0.25) is 0 Å². The molecule has 0 unspecified atom stereocenters. The zero-order valence-electron chi connectivity index (χ0n) is 11.0. The molecule has 0 aromatic carbocycles. The van der Waals surface area contributed by atoms with Crippen molar-refractivity contribution >= 4 is 11.9 Å². The Bertz CT molecular complexity index is 349. The van der Waals surface area contributed by atoms with Crippen LogP contribution in [0.15, 0.2) is 0 Å². The van der Waals surface area contributed by atoms with Gasteiger partial charge in [0.2, 0.25) is 5.91 Å². The van der Waals surface area contributed by atoms with Crippen LogP contribution < -0.4 is 10.6 Å². The SMILES string of the molecule is C#CCNC(=O)N[C@@H](C)C(=O)N1CCCC[C@@H]1C.